The van der Waals surface area contributed by atoms with Crippen LogP contribution in [-0.4, -0.2) is 78.5 Å². The standard InChI is InChI=1S/C27H48O7/c1-14(5-6-17(29)15(2)13-28)16-11-19(31)24-25(16,3)10-8-21-26(4)9-7-18(30)23(33)22(26)20(32)12-27(21,24)34/h14-24,28-34H,5-13H2,1-4H3/t14-,15-,16-,17-,18+,19-,20?,21-,22?,23+,24-,25-,26-,27+/m1/s1. The Morgan fingerprint density at radius 3 is 2.18 bits per heavy atom. The molecule has 2 unspecified atom stereocenters. The average molecular weight is 485 g/mol. The maximum absolute atomic E-state index is 12.3. The van der Waals surface area contributed by atoms with Gasteiger partial charge >= 0.3 is 0 Å². The van der Waals surface area contributed by atoms with Crippen LogP contribution < -0.4 is 0 Å². The predicted molar refractivity (Wildman–Crippen MR) is 128 cm³/mol. The zero-order valence-electron chi connectivity index (χ0n) is 21.3. The quantitative estimate of drug-likeness (QED) is 0.302. The summed E-state index contributed by atoms with van der Waals surface area (Å²) in [5, 5.41) is 75.6. The summed E-state index contributed by atoms with van der Waals surface area (Å²) in [6.07, 6.45) is 0.826. The molecule has 4 saturated carbocycles. The van der Waals surface area contributed by atoms with E-state index in [4.69, 9.17) is 0 Å². The first-order valence-electron chi connectivity index (χ1n) is 13.5. The first kappa shape index (κ1) is 26.8. The number of aliphatic hydroxyl groups excluding tert-OH is 6. The van der Waals surface area contributed by atoms with E-state index in [0.717, 1.165) is 19.3 Å². The molecule has 7 nitrogen and oxygen atoms in total. The Bertz CT molecular complexity index is 734. The molecule has 4 rings (SSSR count). The summed E-state index contributed by atoms with van der Waals surface area (Å²) in [6.45, 7) is 8.21. The number of fused-ring (bicyclic) bond motifs is 5. The van der Waals surface area contributed by atoms with Crippen molar-refractivity contribution in [1.82, 2.24) is 0 Å². The molecule has 7 N–H and O–H groups in total. The van der Waals surface area contributed by atoms with Gasteiger partial charge in [-0.2, -0.15) is 0 Å². The van der Waals surface area contributed by atoms with Gasteiger partial charge in [-0.15, -0.1) is 0 Å². The summed E-state index contributed by atoms with van der Waals surface area (Å²) < 4.78 is 0. The van der Waals surface area contributed by atoms with Crippen LogP contribution in [0.5, 0.6) is 0 Å². The molecule has 0 saturated heterocycles. The van der Waals surface area contributed by atoms with Gasteiger partial charge in [-0.3, -0.25) is 0 Å². The summed E-state index contributed by atoms with van der Waals surface area (Å²) >= 11 is 0. The van der Waals surface area contributed by atoms with Crippen molar-refractivity contribution in [2.45, 2.75) is 115 Å². The molecule has 7 heteroatoms. The van der Waals surface area contributed by atoms with E-state index in [1.165, 1.54) is 0 Å². The molecule has 4 aliphatic carbocycles. The number of hydrogen-bond acceptors (Lipinski definition) is 7. The maximum atomic E-state index is 12.3. The van der Waals surface area contributed by atoms with Crippen molar-refractivity contribution in [2.24, 2.45) is 46.3 Å². The van der Waals surface area contributed by atoms with Crippen LogP contribution in [0.4, 0.5) is 0 Å². The Hall–Kier alpha value is -0.280. The topological polar surface area (TPSA) is 142 Å². The van der Waals surface area contributed by atoms with Gasteiger partial charge in [0, 0.05) is 30.8 Å². The van der Waals surface area contributed by atoms with E-state index in [2.05, 4.69) is 20.8 Å². The zero-order chi connectivity index (χ0) is 25.2. The molecular formula is C27H48O7. The SMILES string of the molecule is C[C@H](CO)[C@H](O)CC[C@@H](C)[C@H]1C[C@@H](O)[C@@H]2[C@]1(C)CC[C@H]1[C@@]2(O)CC(O)C2[C@@H](O)[C@@H](O)CC[C@@]21C. The van der Waals surface area contributed by atoms with Crippen molar-refractivity contribution >= 4 is 0 Å². The van der Waals surface area contributed by atoms with Gasteiger partial charge in [-0.25, -0.2) is 0 Å². The monoisotopic (exact) mass is 484 g/mol. The molecule has 198 valence electrons. The lowest BCUT2D eigenvalue weighted by Crippen LogP contribution is -2.70. The second kappa shape index (κ2) is 9.23. The first-order chi connectivity index (χ1) is 15.8. The lowest BCUT2D eigenvalue weighted by molar-refractivity contribution is -0.280. The van der Waals surface area contributed by atoms with Gasteiger partial charge in [0.1, 0.15) is 0 Å². The van der Waals surface area contributed by atoms with E-state index in [1.807, 2.05) is 6.92 Å². The van der Waals surface area contributed by atoms with Crippen molar-refractivity contribution in [3.8, 4) is 0 Å². The summed E-state index contributed by atoms with van der Waals surface area (Å²) in [7, 11) is 0. The smallest absolute Gasteiger partial charge is 0.0857 e. The minimum Gasteiger partial charge on any atom is -0.396 e. The fraction of sp³-hybridized carbons (Fsp3) is 1.00. The third-order valence-electron chi connectivity index (χ3n) is 11.4. The fourth-order valence-electron chi connectivity index (χ4n) is 9.56. The van der Waals surface area contributed by atoms with Gasteiger partial charge in [0.15, 0.2) is 0 Å². The highest BCUT2D eigenvalue weighted by atomic mass is 16.3. The van der Waals surface area contributed by atoms with E-state index in [-0.39, 0.29) is 48.0 Å². The van der Waals surface area contributed by atoms with Crippen LogP contribution in [-0.2, 0) is 0 Å². The van der Waals surface area contributed by atoms with Crippen LogP contribution >= 0.6 is 0 Å². The third-order valence-corrected chi connectivity index (χ3v) is 11.4. The summed E-state index contributed by atoms with van der Waals surface area (Å²) in [5.74, 6) is -0.713. The zero-order valence-corrected chi connectivity index (χ0v) is 21.3. The van der Waals surface area contributed by atoms with Gasteiger partial charge in [-0.1, -0.05) is 27.7 Å². The second-order valence-corrected chi connectivity index (χ2v) is 13.2. The molecule has 14 atom stereocenters. The molecule has 0 radical (unpaired) electrons. The molecule has 0 aromatic rings. The molecule has 4 aliphatic rings. The molecule has 0 aromatic carbocycles. The van der Waals surface area contributed by atoms with Crippen LogP contribution in [0, 0.1) is 46.3 Å². The normalized spacial score (nSPS) is 53.4. The minimum atomic E-state index is -1.22. The van der Waals surface area contributed by atoms with Crippen molar-refractivity contribution in [1.29, 1.82) is 0 Å². The van der Waals surface area contributed by atoms with Crippen molar-refractivity contribution in [3.05, 3.63) is 0 Å². The predicted octanol–water partition coefficient (Wildman–Crippen LogP) is 1.44. The van der Waals surface area contributed by atoms with Gasteiger partial charge in [-0.05, 0) is 73.5 Å². The maximum Gasteiger partial charge on any atom is 0.0857 e. The van der Waals surface area contributed by atoms with Gasteiger partial charge < -0.3 is 35.7 Å². The number of hydrogen-bond donors (Lipinski definition) is 7. The number of rotatable bonds is 6. The Kier molecular flexibility index (Phi) is 7.27. The van der Waals surface area contributed by atoms with Crippen LogP contribution in [0.1, 0.15) is 79.1 Å². The van der Waals surface area contributed by atoms with Crippen LogP contribution in [0.15, 0.2) is 0 Å². The molecule has 0 spiro atoms. The first-order valence-corrected chi connectivity index (χ1v) is 13.5. The average Bonchev–Trinajstić information content (AvgIpc) is 3.05. The van der Waals surface area contributed by atoms with Crippen molar-refractivity contribution < 1.29 is 35.7 Å². The van der Waals surface area contributed by atoms with Gasteiger partial charge in [0.25, 0.3) is 0 Å². The summed E-state index contributed by atoms with van der Waals surface area (Å²) in [4.78, 5) is 0. The largest absolute Gasteiger partial charge is 0.396 e. The van der Waals surface area contributed by atoms with E-state index in [1.54, 1.807) is 0 Å². The molecule has 34 heavy (non-hydrogen) atoms. The molecular weight excluding hydrogens is 436 g/mol. The molecule has 0 aliphatic heterocycles. The van der Waals surface area contributed by atoms with E-state index in [9.17, 15) is 35.7 Å². The Morgan fingerprint density at radius 1 is 0.882 bits per heavy atom. The van der Waals surface area contributed by atoms with Gasteiger partial charge in [0.2, 0.25) is 0 Å². The van der Waals surface area contributed by atoms with Crippen LogP contribution in [0.25, 0.3) is 0 Å². The van der Waals surface area contributed by atoms with Crippen LogP contribution in [0.2, 0.25) is 0 Å². The van der Waals surface area contributed by atoms with Crippen LogP contribution in [0.3, 0.4) is 0 Å². The highest BCUT2D eigenvalue weighted by Crippen LogP contribution is 2.69. The summed E-state index contributed by atoms with van der Waals surface area (Å²) in [6, 6.07) is 0. The Labute approximate surface area is 204 Å². The molecule has 0 aromatic heterocycles. The van der Waals surface area contributed by atoms with E-state index in [0.29, 0.717) is 25.7 Å². The van der Waals surface area contributed by atoms with E-state index >= 15 is 0 Å². The highest BCUT2D eigenvalue weighted by Gasteiger charge is 2.71. The Balaban J connectivity index is 1.59. The third kappa shape index (κ3) is 3.89. The highest BCUT2D eigenvalue weighted by molar-refractivity contribution is 5.20. The summed E-state index contributed by atoms with van der Waals surface area (Å²) in [5.41, 5.74) is -2.01. The van der Waals surface area contributed by atoms with Gasteiger partial charge in [0.05, 0.1) is 36.1 Å². The minimum absolute atomic E-state index is 0.0420. The van der Waals surface area contributed by atoms with E-state index < -0.39 is 47.5 Å². The molecule has 0 amide bonds. The molecule has 0 heterocycles. The lowest BCUT2D eigenvalue weighted by atomic mass is 9.41. The molecule has 0 bridgehead atoms. The second-order valence-electron chi connectivity index (χ2n) is 13.2. The van der Waals surface area contributed by atoms with Crippen molar-refractivity contribution in [3.63, 3.8) is 0 Å². The molecule has 4 fully saturated rings. The fourth-order valence-corrected chi connectivity index (χ4v) is 9.56. The Morgan fingerprint density at radius 2 is 1.53 bits per heavy atom. The number of aliphatic hydroxyl groups is 7. The van der Waals surface area contributed by atoms with Crippen molar-refractivity contribution in [2.75, 3.05) is 6.61 Å². The lowest BCUT2D eigenvalue weighted by Gasteiger charge is -2.66.